The first-order valence-corrected chi connectivity index (χ1v) is 10.1. The first-order valence-electron chi connectivity index (χ1n) is 8.92. The molecule has 1 N–H and O–H groups in total. The second-order valence-electron chi connectivity index (χ2n) is 6.53. The number of hydrogen-bond acceptors (Lipinski definition) is 3. The summed E-state index contributed by atoms with van der Waals surface area (Å²) in [5, 5.41) is 1.02. The fourth-order valence-electron chi connectivity index (χ4n) is 3.32. The van der Waals surface area contributed by atoms with Crippen LogP contribution in [0.3, 0.4) is 0 Å². The van der Waals surface area contributed by atoms with Crippen LogP contribution in [0.2, 0.25) is 0 Å². The molecule has 1 aromatic carbocycles. The summed E-state index contributed by atoms with van der Waals surface area (Å²) in [6.07, 6.45) is 6.61. The highest BCUT2D eigenvalue weighted by atomic mass is 32.2. The van der Waals surface area contributed by atoms with Gasteiger partial charge in [0.05, 0.1) is 11.4 Å². The van der Waals surface area contributed by atoms with Crippen LogP contribution in [0.5, 0.6) is 0 Å². The smallest absolute Gasteiger partial charge is 0.232 e. The fraction of sp³-hybridized carbons (Fsp3) is 0.238. The number of amides is 1. The molecule has 138 valence electrons. The molecule has 3 heterocycles. The Labute approximate surface area is 161 Å². The molecule has 3 aromatic rings. The Kier molecular flexibility index (Phi) is 5.25. The van der Waals surface area contributed by atoms with Crippen LogP contribution in [0, 0.1) is 5.82 Å². The van der Waals surface area contributed by atoms with E-state index in [0.717, 1.165) is 34.3 Å². The monoisotopic (exact) mass is 381 g/mol. The number of nitrogens with zero attached hydrogens (tertiary/aromatic N) is 2. The lowest BCUT2D eigenvalue weighted by Gasteiger charge is -2.26. The lowest BCUT2D eigenvalue weighted by atomic mass is 9.99. The Morgan fingerprint density at radius 1 is 1.30 bits per heavy atom. The van der Waals surface area contributed by atoms with Crippen molar-refractivity contribution in [3.8, 4) is 0 Å². The van der Waals surface area contributed by atoms with Crippen molar-refractivity contribution in [3.63, 3.8) is 0 Å². The Balaban J connectivity index is 1.35. The van der Waals surface area contributed by atoms with Gasteiger partial charge in [0.15, 0.2) is 0 Å². The molecule has 0 radical (unpaired) electrons. The maximum atomic E-state index is 13.4. The zero-order chi connectivity index (χ0) is 18.6. The Morgan fingerprint density at radius 3 is 3.00 bits per heavy atom. The second kappa shape index (κ2) is 7.96. The van der Waals surface area contributed by atoms with Crippen molar-refractivity contribution < 1.29 is 9.18 Å². The van der Waals surface area contributed by atoms with Crippen molar-refractivity contribution in [1.29, 1.82) is 0 Å². The molecule has 0 aliphatic carbocycles. The van der Waals surface area contributed by atoms with Gasteiger partial charge in [-0.15, -0.1) is 11.8 Å². The van der Waals surface area contributed by atoms with Gasteiger partial charge in [-0.3, -0.25) is 9.78 Å². The van der Waals surface area contributed by atoms with Crippen LogP contribution in [-0.4, -0.2) is 39.6 Å². The van der Waals surface area contributed by atoms with Gasteiger partial charge in [-0.05, 0) is 42.3 Å². The van der Waals surface area contributed by atoms with Gasteiger partial charge >= 0.3 is 0 Å². The number of thioether (sulfide) groups is 1. The molecular formula is C21H20FN3OS. The van der Waals surface area contributed by atoms with Crippen LogP contribution < -0.4 is 0 Å². The number of aromatic nitrogens is 2. The summed E-state index contributed by atoms with van der Waals surface area (Å²) in [6.45, 7) is 1.33. The number of rotatable bonds is 5. The summed E-state index contributed by atoms with van der Waals surface area (Å²) in [7, 11) is 0. The summed E-state index contributed by atoms with van der Waals surface area (Å²) in [5.41, 5.74) is 4.10. The standard InChI is InChI=1S/C21H20FN3OS/c22-16-4-5-18-19(12-24-20(18)11-16)15-6-9-25(10-7-15)21(26)14-27-13-17-3-1-2-8-23-17/h1-6,8,11-12,24H,7,9-10,13-14H2. The van der Waals surface area contributed by atoms with Crippen LogP contribution in [0.4, 0.5) is 4.39 Å². The van der Waals surface area contributed by atoms with E-state index >= 15 is 0 Å². The fourth-order valence-corrected chi connectivity index (χ4v) is 4.16. The van der Waals surface area contributed by atoms with Gasteiger partial charge < -0.3 is 9.88 Å². The van der Waals surface area contributed by atoms with Gasteiger partial charge in [-0.25, -0.2) is 4.39 Å². The third-order valence-corrected chi connectivity index (χ3v) is 5.70. The Morgan fingerprint density at radius 2 is 2.22 bits per heavy atom. The third-order valence-electron chi connectivity index (χ3n) is 4.75. The van der Waals surface area contributed by atoms with Crippen LogP contribution in [0.25, 0.3) is 16.5 Å². The molecule has 1 amide bonds. The molecule has 0 atom stereocenters. The number of carbonyl (C=O) groups excluding carboxylic acids is 1. The number of nitrogens with one attached hydrogen (secondary N) is 1. The van der Waals surface area contributed by atoms with Gasteiger partial charge in [0.2, 0.25) is 5.91 Å². The van der Waals surface area contributed by atoms with Crippen LogP contribution in [0.1, 0.15) is 17.7 Å². The van der Waals surface area contributed by atoms with Crippen LogP contribution >= 0.6 is 11.8 Å². The molecule has 4 rings (SSSR count). The predicted molar refractivity (Wildman–Crippen MR) is 108 cm³/mol. The third kappa shape index (κ3) is 4.06. The molecule has 0 saturated heterocycles. The summed E-state index contributed by atoms with van der Waals surface area (Å²) < 4.78 is 13.4. The number of benzene rings is 1. The topological polar surface area (TPSA) is 49.0 Å². The molecule has 6 heteroatoms. The molecule has 2 aromatic heterocycles. The summed E-state index contributed by atoms with van der Waals surface area (Å²) in [4.78, 5) is 21.7. The SMILES string of the molecule is O=C(CSCc1ccccn1)N1CC=C(c2c[nH]c3cc(F)ccc23)CC1. The van der Waals surface area contributed by atoms with E-state index in [0.29, 0.717) is 18.8 Å². The van der Waals surface area contributed by atoms with E-state index in [1.54, 1.807) is 18.0 Å². The van der Waals surface area contributed by atoms with Gasteiger partial charge in [0.25, 0.3) is 0 Å². The molecule has 1 aliphatic heterocycles. The van der Waals surface area contributed by atoms with E-state index in [2.05, 4.69) is 16.0 Å². The molecule has 1 aliphatic rings. The van der Waals surface area contributed by atoms with E-state index in [4.69, 9.17) is 0 Å². The second-order valence-corrected chi connectivity index (χ2v) is 7.51. The van der Waals surface area contributed by atoms with Crippen LogP contribution in [0.15, 0.2) is 54.9 Å². The van der Waals surface area contributed by atoms with Crippen molar-refractivity contribution in [1.82, 2.24) is 14.9 Å². The number of fused-ring (bicyclic) bond motifs is 1. The average molecular weight is 381 g/mol. The van der Waals surface area contributed by atoms with Gasteiger partial charge in [0.1, 0.15) is 5.82 Å². The number of H-pyrrole nitrogens is 1. The zero-order valence-electron chi connectivity index (χ0n) is 14.8. The highest BCUT2D eigenvalue weighted by Gasteiger charge is 2.19. The molecule has 4 nitrogen and oxygen atoms in total. The maximum absolute atomic E-state index is 13.4. The highest BCUT2D eigenvalue weighted by molar-refractivity contribution is 7.99. The minimum Gasteiger partial charge on any atom is -0.360 e. The number of pyridine rings is 1. The summed E-state index contributed by atoms with van der Waals surface area (Å²) in [6, 6.07) is 10.6. The largest absolute Gasteiger partial charge is 0.360 e. The van der Waals surface area contributed by atoms with Gasteiger partial charge in [-0.1, -0.05) is 12.1 Å². The van der Waals surface area contributed by atoms with Crippen molar-refractivity contribution in [2.24, 2.45) is 0 Å². The van der Waals surface area contributed by atoms with Crippen molar-refractivity contribution in [3.05, 3.63) is 71.9 Å². The summed E-state index contributed by atoms with van der Waals surface area (Å²) >= 11 is 1.59. The molecule has 0 bridgehead atoms. The number of hydrogen-bond donors (Lipinski definition) is 1. The Hall–Kier alpha value is -2.60. The van der Waals surface area contributed by atoms with Crippen molar-refractivity contribution in [2.75, 3.05) is 18.8 Å². The van der Waals surface area contributed by atoms with Crippen LogP contribution in [-0.2, 0) is 10.5 Å². The lowest BCUT2D eigenvalue weighted by molar-refractivity contribution is -0.127. The molecule has 0 fully saturated rings. The van der Waals surface area contributed by atoms with Crippen molar-refractivity contribution in [2.45, 2.75) is 12.2 Å². The zero-order valence-corrected chi connectivity index (χ0v) is 15.6. The number of aromatic amines is 1. The quantitative estimate of drug-likeness (QED) is 0.719. The average Bonchev–Trinajstić information content (AvgIpc) is 3.12. The normalized spacial score (nSPS) is 14.4. The number of carbonyl (C=O) groups is 1. The van der Waals surface area contributed by atoms with E-state index in [-0.39, 0.29) is 11.7 Å². The van der Waals surface area contributed by atoms with E-state index in [1.807, 2.05) is 35.4 Å². The lowest BCUT2D eigenvalue weighted by Crippen LogP contribution is -2.35. The molecular weight excluding hydrogens is 361 g/mol. The van der Waals surface area contributed by atoms with Gasteiger partial charge in [-0.2, -0.15) is 0 Å². The molecule has 0 unspecified atom stereocenters. The van der Waals surface area contributed by atoms with E-state index < -0.39 is 0 Å². The first-order chi connectivity index (χ1) is 13.2. The molecule has 0 spiro atoms. The maximum Gasteiger partial charge on any atom is 0.232 e. The van der Waals surface area contributed by atoms with E-state index in [9.17, 15) is 9.18 Å². The van der Waals surface area contributed by atoms with Gasteiger partial charge in [0, 0.05) is 47.7 Å². The van der Waals surface area contributed by atoms with E-state index in [1.165, 1.54) is 17.7 Å². The predicted octanol–water partition coefficient (Wildman–Crippen LogP) is 4.25. The molecule has 27 heavy (non-hydrogen) atoms. The first kappa shape index (κ1) is 17.8. The minimum absolute atomic E-state index is 0.159. The summed E-state index contributed by atoms with van der Waals surface area (Å²) in [5.74, 6) is 1.13. The van der Waals surface area contributed by atoms with Crippen molar-refractivity contribution >= 4 is 34.1 Å². The Bertz CT molecular complexity index is 984. The highest BCUT2D eigenvalue weighted by Crippen LogP contribution is 2.29. The minimum atomic E-state index is -0.242. The molecule has 0 saturated carbocycles. The number of halogens is 1.